The number of amides is 2. The van der Waals surface area contributed by atoms with Crippen molar-refractivity contribution in [2.24, 2.45) is 11.8 Å². The molecule has 0 aliphatic carbocycles. The zero-order chi connectivity index (χ0) is 21.9. The van der Waals surface area contributed by atoms with Gasteiger partial charge < -0.3 is 0 Å². The van der Waals surface area contributed by atoms with E-state index in [2.05, 4.69) is 45.0 Å². The number of fused-ring (bicyclic) bond motifs is 5. The number of imide groups is 1. The molecule has 3 aliphatic heterocycles. The lowest BCUT2D eigenvalue weighted by Crippen LogP contribution is -2.48. The van der Waals surface area contributed by atoms with Crippen LogP contribution in [0.1, 0.15) is 31.9 Å². The lowest BCUT2D eigenvalue weighted by molar-refractivity contribution is -0.129. The van der Waals surface area contributed by atoms with Crippen LogP contribution in [0.5, 0.6) is 0 Å². The molecule has 5 nitrogen and oxygen atoms in total. The van der Waals surface area contributed by atoms with E-state index in [-0.39, 0.29) is 29.1 Å². The van der Waals surface area contributed by atoms with E-state index >= 15 is 0 Å². The molecule has 5 rings (SSSR count). The number of benzene rings is 2. The Morgan fingerprint density at radius 3 is 2.13 bits per heavy atom. The Morgan fingerprint density at radius 2 is 1.48 bits per heavy atom. The molecule has 0 unspecified atom stereocenters. The molecule has 3 aliphatic rings. The van der Waals surface area contributed by atoms with E-state index in [0.29, 0.717) is 12.2 Å². The van der Waals surface area contributed by atoms with Crippen LogP contribution in [0.4, 0.5) is 5.69 Å². The van der Waals surface area contributed by atoms with Gasteiger partial charge in [0.15, 0.2) is 5.78 Å². The molecule has 0 spiro atoms. The second-order valence-electron chi connectivity index (χ2n) is 9.72. The van der Waals surface area contributed by atoms with Gasteiger partial charge in [0.05, 0.1) is 23.6 Å². The van der Waals surface area contributed by atoms with Crippen molar-refractivity contribution < 1.29 is 14.4 Å². The highest BCUT2D eigenvalue weighted by Gasteiger charge is 2.64. The quantitative estimate of drug-likeness (QED) is 0.722. The minimum atomic E-state index is -0.631. The van der Waals surface area contributed by atoms with Gasteiger partial charge in [-0.2, -0.15) is 0 Å². The largest absolute Gasteiger partial charge is 0.293 e. The highest BCUT2D eigenvalue weighted by molar-refractivity contribution is 6.24. The van der Waals surface area contributed by atoms with Gasteiger partial charge in [-0.25, -0.2) is 4.90 Å². The van der Waals surface area contributed by atoms with Crippen molar-refractivity contribution in [3.05, 3.63) is 77.9 Å². The summed E-state index contributed by atoms with van der Waals surface area (Å²) in [6, 6.07) is 16.6. The van der Waals surface area contributed by atoms with Crippen molar-refractivity contribution in [1.29, 1.82) is 0 Å². The molecular weight excluding hydrogens is 388 g/mol. The maximum atomic E-state index is 13.3. The van der Waals surface area contributed by atoms with Crippen LogP contribution >= 0.6 is 0 Å². The maximum absolute atomic E-state index is 13.3. The Hall–Kier alpha value is -3.05. The first-order valence-corrected chi connectivity index (χ1v) is 10.8. The number of para-hydroxylation sites is 1. The van der Waals surface area contributed by atoms with E-state index in [1.807, 2.05) is 29.2 Å². The van der Waals surface area contributed by atoms with Crippen molar-refractivity contribution in [2.75, 3.05) is 4.90 Å². The number of carbonyl (C=O) groups is 3. The first kappa shape index (κ1) is 19.9. The summed E-state index contributed by atoms with van der Waals surface area (Å²) in [5, 5.41) is 0. The number of ketones is 1. The van der Waals surface area contributed by atoms with E-state index in [1.54, 1.807) is 18.2 Å². The third kappa shape index (κ3) is 3.07. The monoisotopic (exact) mass is 414 g/mol. The summed E-state index contributed by atoms with van der Waals surface area (Å²) < 4.78 is 0. The Balaban J connectivity index is 1.46. The van der Waals surface area contributed by atoms with Crippen LogP contribution in [0.25, 0.3) is 0 Å². The summed E-state index contributed by atoms with van der Waals surface area (Å²) in [6.45, 7) is 7.06. The van der Waals surface area contributed by atoms with Gasteiger partial charge in [-0.15, -0.1) is 0 Å². The van der Waals surface area contributed by atoms with Gasteiger partial charge in [0.25, 0.3) is 0 Å². The fourth-order valence-corrected chi connectivity index (χ4v) is 5.22. The van der Waals surface area contributed by atoms with E-state index in [1.165, 1.54) is 10.5 Å². The average molecular weight is 415 g/mol. The molecule has 2 amide bonds. The SMILES string of the molecule is CC(C)(C)c1ccc(CN2[C@H]3C=CC(=O)[C@H]2[C@@H]2C(=O)N(c4ccccc4)C(=O)[C@H]23)cc1. The summed E-state index contributed by atoms with van der Waals surface area (Å²) in [4.78, 5) is 42.9. The van der Waals surface area contributed by atoms with Crippen molar-refractivity contribution in [3.63, 3.8) is 0 Å². The summed E-state index contributed by atoms with van der Waals surface area (Å²) in [6.07, 6.45) is 3.37. The predicted molar refractivity (Wildman–Crippen MR) is 118 cm³/mol. The highest BCUT2D eigenvalue weighted by Crippen LogP contribution is 2.47. The standard InChI is InChI=1S/C26H26N2O3/c1-26(2,3)17-11-9-16(10-12-17)15-27-19-13-14-20(29)23(27)22-21(19)24(30)28(25(22)31)18-7-5-4-6-8-18/h4-14,19,21-23H,15H2,1-3H3/t19-,21-,22+,23-/m0/s1. The molecule has 31 heavy (non-hydrogen) atoms. The smallest absolute Gasteiger partial charge is 0.239 e. The van der Waals surface area contributed by atoms with Gasteiger partial charge in [0.1, 0.15) is 0 Å². The Kier molecular flexibility index (Phi) is 4.48. The number of rotatable bonds is 3. The number of hydrogen-bond donors (Lipinski definition) is 0. The molecule has 2 fully saturated rings. The molecule has 5 heteroatoms. The Bertz CT molecular complexity index is 1080. The normalized spacial score (nSPS) is 27.8. The predicted octanol–water partition coefficient (Wildman–Crippen LogP) is 3.48. The average Bonchev–Trinajstić information content (AvgIpc) is 3.12. The lowest BCUT2D eigenvalue weighted by atomic mass is 9.86. The Morgan fingerprint density at radius 1 is 0.839 bits per heavy atom. The second kappa shape index (κ2) is 6.99. The van der Waals surface area contributed by atoms with Gasteiger partial charge in [-0.05, 0) is 34.8 Å². The van der Waals surface area contributed by atoms with E-state index in [9.17, 15) is 14.4 Å². The fourth-order valence-electron chi connectivity index (χ4n) is 5.22. The molecule has 2 bridgehead atoms. The van der Waals surface area contributed by atoms with Crippen molar-refractivity contribution in [1.82, 2.24) is 4.90 Å². The van der Waals surface area contributed by atoms with Gasteiger partial charge in [-0.1, -0.05) is 69.3 Å². The van der Waals surface area contributed by atoms with Gasteiger partial charge >= 0.3 is 0 Å². The van der Waals surface area contributed by atoms with Crippen LogP contribution in [-0.4, -0.2) is 34.6 Å². The van der Waals surface area contributed by atoms with Crippen LogP contribution < -0.4 is 4.90 Å². The number of hydrogen-bond acceptors (Lipinski definition) is 4. The molecule has 2 aromatic carbocycles. The number of carbonyl (C=O) groups excluding carboxylic acids is 3. The van der Waals surface area contributed by atoms with Crippen molar-refractivity contribution in [3.8, 4) is 0 Å². The van der Waals surface area contributed by atoms with E-state index in [0.717, 1.165) is 5.56 Å². The molecule has 0 aromatic heterocycles. The topological polar surface area (TPSA) is 57.7 Å². The summed E-state index contributed by atoms with van der Waals surface area (Å²) >= 11 is 0. The van der Waals surface area contributed by atoms with Crippen LogP contribution in [0, 0.1) is 11.8 Å². The van der Waals surface area contributed by atoms with Crippen LogP contribution in [-0.2, 0) is 26.3 Å². The van der Waals surface area contributed by atoms with E-state index in [4.69, 9.17) is 0 Å². The molecule has 0 N–H and O–H groups in total. The Labute approximate surface area is 182 Å². The molecule has 3 heterocycles. The minimum absolute atomic E-state index is 0.0676. The van der Waals surface area contributed by atoms with Gasteiger partial charge in [-0.3, -0.25) is 19.3 Å². The summed E-state index contributed by atoms with van der Waals surface area (Å²) in [5.41, 5.74) is 2.96. The summed E-state index contributed by atoms with van der Waals surface area (Å²) in [5.74, 6) is -1.71. The molecule has 0 saturated carbocycles. The number of nitrogens with zero attached hydrogens (tertiary/aromatic N) is 2. The molecule has 2 aromatic rings. The molecule has 158 valence electrons. The van der Waals surface area contributed by atoms with Crippen LogP contribution in [0.3, 0.4) is 0 Å². The molecular formula is C26H26N2O3. The van der Waals surface area contributed by atoms with Crippen LogP contribution in [0.2, 0.25) is 0 Å². The van der Waals surface area contributed by atoms with Crippen molar-refractivity contribution >= 4 is 23.3 Å². The third-order valence-electron chi connectivity index (χ3n) is 6.80. The zero-order valence-electron chi connectivity index (χ0n) is 18.0. The van der Waals surface area contributed by atoms with Crippen LogP contribution in [0.15, 0.2) is 66.7 Å². The molecule has 0 radical (unpaired) electrons. The molecule has 4 atom stereocenters. The van der Waals surface area contributed by atoms with Crippen molar-refractivity contribution in [2.45, 2.75) is 44.8 Å². The third-order valence-corrected chi connectivity index (χ3v) is 6.80. The van der Waals surface area contributed by atoms with Gasteiger partial charge in [0.2, 0.25) is 11.8 Å². The van der Waals surface area contributed by atoms with Gasteiger partial charge in [0, 0.05) is 12.6 Å². The fraction of sp³-hybridized carbons (Fsp3) is 0.346. The number of anilines is 1. The summed E-state index contributed by atoms with van der Waals surface area (Å²) in [7, 11) is 0. The minimum Gasteiger partial charge on any atom is -0.293 e. The van der Waals surface area contributed by atoms with E-state index < -0.39 is 17.9 Å². The zero-order valence-corrected chi connectivity index (χ0v) is 18.0. The lowest BCUT2D eigenvalue weighted by Gasteiger charge is -2.33. The second-order valence-corrected chi connectivity index (χ2v) is 9.72. The maximum Gasteiger partial charge on any atom is 0.239 e. The first-order valence-electron chi connectivity index (χ1n) is 10.8. The molecule has 2 saturated heterocycles. The highest BCUT2D eigenvalue weighted by atomic mass is 16.2. The first-order chi connectivity index (χ1) is 14.8.